The fourth-order valence-corrected chi connectivity index (χ4v) is 4.67. The molecule has 0 aromatic heterocycles. The normalized spacial score (nSPS) is 19.5. The first-order valence-electron chi connectivity index (χ1n) is 8.72. The lowest BCUT2D eigenvalue weighted by Crippen LogP contribution is -2.45. The van der Waals surface area contributed by atoms with Gasteiger partial charge < -0.3 is 5.32 Å². The number of amides is 1. The second kappa shape index (κ2) is 8.10. The van der Waals surface area contributed by atoms with Gasteiger partial charge in [-0.2, -0.15) is 8.42 Å². The Hall–Kier alpha value is -1.88. The monoisotopic (exact) mass is 500 g/mol. The van der Waals surface area contributed by atoms with Crippen LogP contribution in [-0.2, 0) is 26.2 Å². The zero-order valence-electron chi connectivity index (χ0n) is 15.4. The second-order valence-corrected chi connectivity index (χ2v) is 9.38. The highest BCUT2D eigenvalue weighted by molar-refractivity contribution is 9.10. The third kappa shape index (κ3) is 4.20. The van der Waals surface area contributed by atoms with E-state index in [-0.39, 0.29) is 15.5 Å². The minimum absolute atomic E-state index is 0.201. The minimum Gasteiger partial charge on any atom is -0.341 e. The van der Waals surface area contributed by atoms with Crippen LogP contribution < -0.4 is 5.32 Å². The van der Waals surface area contributed by atoms with Crippen LogP contribution in [0.1, 0.15) is 30.0 Å². The maximum Gasteiger partial charge on any atom is 0.269 e. The number of thiocarbonyl (C=S) groups is 1. The van der Waals surface area contributed by atoms with Crippen LogP contribution in [0.15, 0.2) is 46.9 Å². The van der Waals surface area contributed by atoms with Crippen molar-refractivity contribution in [2.45, 2.75) is 24.6 Å². The van der Waals surface area contributed by atoms with Crippen LogP contribution >= 0.6 is 28.1 Å². The maximum absolute atomic E-state index is 13.8. The van der Waals surface area contributed by atoms with Gasteiger partial charge in [0.25, 0.3) is 16.0 Å². The molecule has 2 aromatic carbocycles. The zero-order valence-corrected chi connectivity index (χ0v) is 18.6. The summed E-state index contributed by atoms with van der Waals surface area (Å²) in [6.07, 6.45) is 0.698. The van der Waals surface area contributed by atoms with Crippen LogP contribution in [0, 0.1) is 5.82 Å². The molecule has 3 rings (SSSR count). The first kappa shape index (κ1) is 21.8. The number of hydrogen-bond donors (Lipinski definition) is 2. The lowest BCUT2D eigenvalue weighted by molar-refractivity contribution is -0.130. The largest absolute Gasteiger partial charge is 0.341 e. The molecule has 1 saturated heterocycles. The predicted octanol–water partition coefficient (Wildman–Crippen LogP) is 3.35. The molecule has 29 heavy (non-hydrogen) atoms. The van der Waals surface area contributed by atoms with Gasteiger partial charge in [-0.1, -0.05) is 37.3 Å². The summed E-state index contributed by atoms with van der Waals surface area (Å²) in [6.45, 7) is 2.35. The second-order valence-electron chi connectivity index (χ2n) is 6.69. The van der Waals surface area contributed by atoms with Gasteiger partial charge in [-0.05, 0) is 63.4 Å². The summed E-state index contributed by atoms with van der Waals surface area (Å²) in [7, 11) is -4.18. The Kier molecular flexibility index (Phi) is 6.09. The van der Waals surface area contributed by atoms with Crippen molar-refractivity contribution in [2.75, 3.05) is 6.54 Å². The molecule has 1 atom stereocenters. The summed E-state index contributed by atoms with van der Waals surface area (Å²) in [5.41, 5.74) is -0.00976. The van der Waals surface area contributed by atoms with Gasteiger partial charge in [0.15, 0.2) is 10.7 Å². The third-order valence-electron chi connectivity index (χ3n) is 4.64. The van der Waals surface area contributed by atoms with Gasteiger partial charge >= 0.3 is 0 Å². The van der Waals surface area contributed by atoms with Crippen LogP contribution in [-0.4, -0.2) is 35.4 Å². The number of benzene rings is 2. The Balaban J connectivity index is 2.15. The number of rotatable bonds is 6. The van der Waals surface area contributed by atoms with E-state index in [0.29, 0.717) is 29.7 Å². The van der Waals surface area contributed by atoms with Crippen molar-refractivity contribution >= 4 is 49.3 Å². The molecule has 154 valence electrons. The highest BCUT2D eigenvalue weighted by atomic mass is 79.9. The fraction of sp³-hybridized carbons (Fsp3) is 0.263. The van der Waals surface area contributed by atoms with E-state index in [1.807, 2.05) is 6.92 Å². The summed E-state index contributed by atoms with van der Waals surface area (Å²) in [4.78, 5) is 14.9. The minimum atomic E-state index is -4.18. The van der Waals surface area contributed by atoms with Crippen LogP contribution in [0.3, 0.4) is 0 Å². The Bertz CT molecular complexity index is 1080. The SMILES string of the molecule is CCCN1C(=O)C(c2ccc(CS(=O)(=O)O)cc2)(c2ccc(F)c(Br)c2)NC1=S. The molecule has 1 unspecified atom stereocenters. The molecule has 0 spiro atoms. The molecule has 0 radical (unpaired) electrons. The molecule has 1 aliphatic heterocycles. The summed E-state index contributed by atoms with van der Waals surface area (Å²) < 4.78 is 45.3. The molecule has 1 amide bonds. The molecule has 10 heteroatoms. The standard InChI is InChI=1S/C19H18BrFN2O4S2/c1-2-9-23-17(24)19(22-18(23)28,14-7-8-16(21)15(20)10-14)13-5-3-12(4-6-13)11-29(25,26)27/h3-8,10H,2,9,11H2,1H3,(H,22,28)(H,25,26,27). The summed E-state index contributed by atoms with van der Waals surface area (Å²) in [5.74, 6) is -1.30. The fourth-order valence-electron chi connectivity index (χ4n) is 3.35. The van der Waals surface area contributed by atoms with E-state index in [1.165, 1.54) is 35.2 Å². The summed E-state index contributed by atoms with van der Waals surface area (Å²) >= 11 is 8.54. The highest BCUT2D eigenvalue weighted by Gasteiger charge is 2.51. The molecule has 0 saturated carbocycles. The number of halogens is 2. The highest BCUT2D eigenvalue weighted by Crippen LogP contribution is 2.38. The number of nitrogens with one attached hydrogen (secondary N) is 1. The van der Waals surface area contributed by atoms with E-state index >= 15 is 0 Å². The van der Waals surface area contributed by atoms with Crippen molar-refractivity contribution in [3.05, 3.63) is 69.4 Å². The first-order chi connectivity index (χ1) is 13.6. The smallest absolute Gasteiger partial charge is 0.269 e. The van der Waals surface area contributed by atoms with Crippen molar-refractivity contribution in [2.24, 2.45) is 0 Å². The van der Waals surface area contributed by atoms with E-state index in [9.17, 15) is 17.6 Å². The number of nitrogens with zero attached hydrogens (tertiary/aromatic N) is 1. The third-order valence-corrected chi connectivity index (χ3v) is 6.27. The molecule has 1 heterocycles. The van der Waals surface area contributed by atoms with Gasteiger partial charge in [0.05, 0.1) is 4.47 Å². The van der Waals surface area contributed by atoms with Crippen molar-refractivity contribution in [1.82, 2.24) is 10.2 Å². The van der Waals surface area contributed by atoms with Crippen LogP contribution in [0.25, 0.3) is 0 Å². The molecule has 6 nitrogen and oxygen atoms in total. The van der Waals surface area contributed by atoms with Gasteiger partial charge in [-0.25, -0.2) is 4.39 Å². The van der Waals surface area contributed by atoms with E-state index in [0.717, 1.165) is 0 Å². The summed E-state index contributed by atoms with van der Waals surface area (Å²) in [6, 6.07) is 10.5. The van der Waals surface area contributed by atoms with Crippen LogP contribution in [0.2, 0.25) is 0 Å². The van der Waals surface area contributed by atoms with E-state index in [1.54, 1.807) is 12.1 Å². The van der Waals surface area contributed by atoms with Crippen LogP contribution in [0.5, 0.6) is 0 Å². The average Bonchev–Trinajstić information content (AvgIpc) is 2.89. The van der Waals surface area contributed by atoms with Crippen molar-refractivity contribution in [3.8, 4) is 0 Å². The van der Waals surface area contributed by atoms with Gasteiger partial charge in [0.2, 0.25) is 0 Å². The molecule has 1 fully saturated rings. The molecule has 2 N–H and O–H groups in total. The van der Waals surface area contributed by atoms with Crippen molar-refractivity contribution < 1.29 is 22.2 Å². The van der Waals surface area contributed by atoms with Gasteiger partial charge in [0, 0.05) is 6.54 Å². The van der Waals surface area contributed by atoms with Crippen molar-refractivity contribution in [3.63, 3.8) is 0 Å². The molecule has 1 aliphatic rings. The number of carbonyl (C=O) groups is 1. The lowest BCUT2D eigenvalue weighted by atomic mass is 9.82. The van der Waals surface area contributed by atoms with E-state index in [2.05, 4.69) is 21.2 Å². The Morgan fingerprint density at radius 1 is 1.21 bits per heavy atom. The van der Waals surface area contributed by atoms with Gasteiger partial charge in [0.1, 0.15) is 11.6 Å². The molecule has 2 aromatic rings. The molecule has 0 bridgehead atoms. The molecular weight excluding hydrogens is 483 g/mol. The molecule has 0 aliphatic carbocycles. The Morgan fingerprint density at radius 3 is 2.38 bits per heavy atom. The molecular formula is C19H18BrFN2O4S2. The topological polar surface area (TPSA) is 86.7 Å². The maximum atomic E-state index is 13.8. The number of hydrogen-bond acceptors (Lipinski definition) is 4. The van der Waals surface area contributed by atoms with E-state index < -0.39 is 27.2 Å². The van der Waals surface area contributed by atoms with Gasteiger partial charge in [-0.15, -0.1) is 0 Å². The Morgan fingerprint density at radius 2 is 1.83 bits per heavy atom. The average molecular weight is 501 g/mol. The zero-order chi connectivity index (χ0) is 21.4. The number of carbonyl (C=O) groups excluding carboxylic acids is 1. The van der Waals surface area contributed by atoms with Crippen LogP contribution in [0.4, 0.5) is 4.39 Å². The predicted molar refractivity (Wildman–Crippen MR) is 114 cm³/mol. The summed E-state index contributed by atoms with van der Waals surface area (Å²) in [5, 5.41) is 3.36. The first-order valence-corrected chi connectivity index (χ1v) is 11.5. The van der Waals surface area contributed by atoms with E-state index in [4.69, 9.17) is 16.8 Å². The lowest BCUT2D eigenvalue weighted by Gasteiger charge is -2.29. The Labute approximate surface area is 182 Å². The van der Waals surface area contributed by atoms with Gasteiger partial charge in [-0.3, -0.25) is 14.2 Å². The van der Waals surface area contributed by atoms with Crippen molar-refractivity contribution in [1.29, 1.82) is 0 Å². The quantitative estimate of drug-likeness (QED) is 0.467.